The monoisotopic (exact) mass is 212 g/mol. The minimum absolute atomic E-state index is 0.333. The normalized spacial score (nSPS) is 22.9. The van der Waals surface area contributed by atoms with Crippen LogP contribution in [0.5, 0.6) is 0 Å². The van der Waals surface area contributed by atoms with Crippen molar-refractivity contribution in [1.29, 1.82) is 0 Å². The summed E-state index contributed by atoms with van der Waals surface area (Å²) in [7, 11) is 0. The van der Waals surface area contributed by atoms with Crippen molar-refractivity contribution in [3.8, 4) is 0 Å². The molecule has 1 aliphatic heterocycles. The van der Waals surface area contributed by atoms with Gasteiger partial charge >= 0.3 is 0 Å². The van der Waals surface area contributed by atoms with E-state index in [1.54, 1.807) is 0 Å². The highest BCUT2D eigenvalue weighted by molar-refractivity contribution is 5.76. The third kappa shape index (κ3) is 3.49. The van der Waals surface area contributed by atoms with Gasteiger partial charge in [-0.15, -0.1) is 0 Å². The van der Waals surface area contributed by atoms with Crippen LogP contribution in [-0.2, 0) is 4.79 Å². The fraction of sp³-hybridized carbons (Fsp3) is 0.917. The fourth-order valence-corrected chi connectivity index (χ4v) is 2.16. The maximum Gasteiger partial charge on any atom is 0.222 e. The summed E-state index contributed by atoms with van der Waals surface area (Å²) in [6.07, 6.45) is 2.73. The second-order valence-electron chi connectivity index (χ2n) is 4.71. The van der Waals surface area contributed by atoms with E-state index in [2.05, 4.69) is 31.0 Å². The Morgan fingerprint density at radius 2 is 2.27 bits per heavy atom. The third-order valence-corrected chi connectivity index (χ3v) is 3.06. The number of amides is 1. The minimum Gasteiger partial charge on any atom is -0.338 e. The topological polar surface area (TPSA) is 32.3 Å². The second kappa shape index (κ2) is 6.11. The van der Waals surface area contributed by atoms with Crippen molar-refractivity contribution in [3.05, 3.63) is 0 Å². The van der Waals surface area contributed by atoms with E-state index in [1.165, 1.54) is 0 Å². The predicted molar refractivity (Wildman–Crippen MR) is 62.7 cm³/mol. The highest BCUT2D eigenvalue weighted by atomic mass is 16.2. The Kier molecular flexibility index (Phi) is 5.09. The van der Waals surface area contributed by atoms with Gasteiger partial charge in [0.2, 0.25) is 5.91 Å². The van der Waals surface area contributed by atoms with Gasteiger partial charge in [-0.3, -0.25) is 4.79 Å². The van der Waals surface area contributed by atoms with Crippen molar-refractivity contribution in [2.75, 3.05) is 19.6 Å². The molecule has 1 N–H and O–H groups in total. The zero-order chi connectivity index (χ0) is 11.3. The maximum atomic E-state index is 12.0. The summed E-state index contributed by atoms with van der Waals surface area (Å²) in [5.41, 5.74) is 0. The minimum atomic E-state index is 0.333. The zero-order valence-electron chi connectivity index (χ0n) is 10.3. The van der Waals surface area contributed by atoms with Crippen molar-refractivity contribution in [1.82, 2.24) is 10.2 Å². The molecule has 0 aromatic heterocycles. The summed E-state index contributed by atoms with van der Waals surface area (Å²) < 4.78 is 0. The van der Waals surface area contributed by atoms with Crippen LogP contribution in [0.1, 0.15) is 40.0 Å². The highest BCUT2D eigenvalue weighted by Gasteiger charge is 2.26. The first-order valence-corrected chi connectivity index (χ1v) is 6.17. The number of carbonyl (C=O) groups excluding carboxylic acids is 1. The van der Waals surface area contributed by atoms with Crippen molar-refractivity contribution in [3.63, 3.8) is 0 Å². The van der Waals surface area contributed by atoms with Crippen LogP contribution in [0.25, 0.3) is 0 Å². The standard InChI is InChI=1S/C12H24N2O/c1-4-6-12(15)14-8-5-7-13-9-11(14)10(2)3/h10-11,13H,4-9H2,1-3H3. The van der Waals surface area contributed by atoms with Gasteiger partial charge in [0.15, 0.2) is 0 Å². The van der Waals surface area contributed by atoms with Gasteiger partial charge in [-0.1, -0.05) is 20.8 Å². The summed E-state index contributed by atoms with van der Waals surface area (Å²) in [5, 5.41) is 3.41. The molecule has 0 spiro atoms. The number of carbonyl (C=O) groups is 1. The average molecular weight is 212 g/mol. The molecule has 1 amide bonds. The molecule has 3 heteroatoms. The number of nitrogens with zero attached hydrogens (tertiary/aromatic N) is 1. The molecule has 1 saturated heterocycles. The van der Waals surface area contributed by atoms with E-state index in [0.717, 1.165) is 32.5 Å². The molecule has 0 aliphatic carbocycles. The summed E-state index contributed by atoms with van der Waals surface area (Å²) >= 11 is 0. The Hall–Kier alpha value is -0.570. The van der Waals surface area contributed by atoms with Gasteiger partial charge < -0.3 is 10.2 Å². The summed E-state index contributed by atoms with van der Waals surface area (Å²) in [6.45, 7) is 9.38. The predicted octanol–water partition coefficient (Wildman–Crippen LogP) is 1.63. The van der Waals surface area contributed by atoms with Crippen LogP contribution in [0.3, 0.4) is 0 Å². The van der Waals surface area contributed by atoms with E-state index in [1.807, 2.05) is 0 Å². The second-order valence-corrected chi connectivity index (χ2v) is 4.71. The molecule has 15 heavy (non-hydrogen) atoms. The number of hydrogen-bond acceptors (Lipinski definition) is 2. The molecule has 1 aliphatic rings. The molecule has 0 aromatic carbocycles. The number of rotatable bonds is 3. The molecule has 3 nitrogen and oxygen atoms in total. The lowest BCUT2D eigenvalue weighted by molar-refractivity contribution is -0.134. The van der Waals surface area contributed by atoms with E-state index in [0.29, 0.717) is 24.3 Å². The Morgan fingerprint density at radius 3 is 2.87 bits per heavy atom. The van der Waals surface area contributed by atoms with Crippen LogP contribution in [0, 0.1) is 5.92 Å². The molecule has 1 fully saturated rings. The van der Waals surface area contributed by atoms with Crippen LogP contribution in [0.2, 0.25) is 0 Å². The summed E-state index contributed by atoms with van der Waals surface area (Å²) in [4.78, 5) is 14.1. The van der Waals surface area contributed by atoms with E-state index in [4.69, 9.17) is 0 Å². The highest BCUT2D eigenvalue weighted by Crippen LogP contribution is 2.14. The smallest absolute Gasteiger partial charge is 0.222 e. The third-order valence-electron chi connectivity index (χ3n) is 3.06. The van der Waals surface area contributed by atoms with E-state index >= 15 is 0 Å². The van der Waals surface area contributed by atoms with Crippen molar-refractivity contribution >= 4 is 5.91 Å². The van der Waals surface area contributed by atoms with E-state index < -0.39 is 0 Å². The van der Waals surface area contributed by atoms with Crippen molar-refractivity contribution in [2.24, 2.45) is 5.92 Å². The average Bonchev–Trinajstić information content (AvgIpc) is 2.42. The van der Waals surface area contributed by atoms with Gasteiger partial charge in [0.05, 0.1) is 0 Å². The molecule has 88 valence electrons. The van der Waals surface area contributed by atoms with Gasteiger partial charge in [0.1, 0.15) is 0 Å². The molecular weight excluding hydrogens is 188 g/mol. The largest absolute Gasteiger partial charge is 0.338 e. The SMILES string of the molecule is CCCC(=O)N1CCCNCC1C(C)C. The lowest BCUT2D eigenvalue weighted by atomic mass is 10.0. The fourth-order valence-electron chi connectivity index (χ4n) is 2.16. The van der Waals surface area contributed by atoms with Crippen LogP contribution < -0.4 is 5.32 Å². The Bertz CT molecular complexity index is 204. The lowest BCUT2D eigenvalue weighted by Crippen LogP contribution is -2.46. The number of nitrogens with one attached hydrogen (secondary N) is 1. The first kappa shape index (κ1) is 12.5. The molecular formula is C12H24N2O. The van der Waals surface area contributed by atoms with Crippen LogP contribution in [0.4, 0.5) is 0 Å². The first-order chi connectivity index (χ1) is 7.16. The lowest BCUT2D eigenvalue weighted by Gasteiger charge is -2.32. The van der Waals surface area contributed by atoms with Crippen LogP contribution in [-0.4, -0.2) is 36.5 Å². The molecule has 1 heterocycles. The van der Waals surface area contributed by atoms with Crippen molar-refractivity contribution in [2.45, 2.75) is 46.1 Å². The van der Waals surface area contributed by atoms with Gasteiger partial charge in [-0.2, -0.15) is 0 Å². The Morgan fingerprint density at radius 1 is 1.53 bits per heavy atom. The van der Waals surface area contributed by atoms with Gasteiger partial charge in [0, 0.05) is 25.6 Å². The van der Waals surface area contributed by atoms with Crippen molar-refractivity contribution < 1.29 is 4.79 Å². The summed E-state index contributed by atoms with van der Waals surface area (Å²) in [6, 6.07) is 0.381. The number of hydrogen-bond donors (Lipinski definition) is 1. The zero-order valence-corrected chi connectivity index (χ0v) is 10.3. The molecule has 1 atom stereocenters. The summed E-state index contributed by atoms with van der Waals surface area (Å²) in [5.74, 6) is 0.872. The van der Waals surface area contributed by atoms with Gasteiger partial charge in [0.25, 0.3) is 0 Å². The molecule has 0 saturated carbocycles. The molecule has 0 radical (unpaired) electrons. The molecule has 0 bridgehead atoms. The Balaban J connectivity index is 2.65. The van der Waals surface area contributed by atoms with Crippen LogP contribution in [0.15, 0.2) is 0 Å². The first-order valence-electron chi connectivity index (χ1n) is 6.17. The molecule has 1 rings (SSSR count). The van der Waals surface area contributed by atoms with Crippen LogP contribution >= 0.6 is 0 Å². The Labute approximate surface area is 93.2 Å². The quantitative estimate of drug-likeness (QED) is 0.771. The van der Waals surface area contributed by atoms with Gasteiger partial charge in [-0.05, 0) is 25.3 Å². The molecule has 0 aromatic rings. The molecule has 1 unspecified atom stereocenters. The van der Waals surface area contributed by atoms with Gasteiger partial charge in [-0.25, -0.2) is 0 Å². The van der Waals surface area contributed by atoms with E-state index in [9.17, 15) is 4.79 Å². The van der Waals surface area contributed by atoms with E-state index in [-0.39, 0.29) is 0 Å². The maximum absolute atomic E-state index is 12.0.